The third kappa shape index (κ3) is 3.58. The van der Waals surface area contributed by atoms with Crippen LogP contribution in [0.15, 0.2) is 11.2 Å². The second-order valence-electron chi connectivity index (χ2n) is 4.23. The van der Waals surface area contributed by atoms with Gasteiger partial charge in [0.15, 0.2) is 5.84 Å². The van der Waals surface area contributed by atoms with Gasteiger partial charge < -0.3 is 15.7 Å². The van der Waals surface area contributed by atoms with Crippen LogP contribution in [0.1, 0.15) is 32.2 Å². The summed E-state index contributed by atoms with van der Waals surface area (Å²) in [6.45, 7) is 7.83. The lowest BCUT2D eigenvalue weighted by Crippen LogP contribution is -2.22. The van der Waals surface area contributed by atoms with Crippen molar-refractivity contribution >= 4 is 5.84 Å². The van der Waals surface area contributed by atoms with Gasteiger partial charge in [-0.25, -0.2) is 4.98 Å². The Balaban J connectivity index is 2.98. The van der Waals surface area contributed by atoms with Gasteiger partial charge in [0.1, 0.15) is 11.8 Å². The van der Waals surface area contributed by atoms with Crippen molar-refractivity contribution in [1.82, 2.24) is 9.97 Å². The van der Waals surface area contributed by atoms with Gasteiger partial charge in [-0.2, -0.15) is 4.98 Å². The number of amidine groups is 1. The number of nitrogens with two attached hydrogens (primary N) is 1. The zero-order chi connectivity index (χ0) is 13.0. The lowest BCUT2D eigenvalue weighted by Gasteiger charge is -2.16. The van der Waals surface area contributed by atoms with E-state index < -0.39 is 0 Å². The molecule has 0 amide bonds. The predicted octanol–water partition coefficient (Wildman–Crippen LogP) is 1.30. The SMILES string of the molecule is Cc1cc(/C(N)=N/O)nc(OC(C)C(C)C)n1. The summed E-state index contributed by atoms with van der Waals surface area (Å²) in [5.41, 5.74) is 6.53. The molecule has 3 N–H and O–H groups in total. The molecule has 0 aliphatic heterocycles. The maximum atomic E-state index is 8.60. The monoisotopic (exact) mass is 238 g/mol. The first kappa shape index (κ1) is 13.2. The van der Waals surface area contributed by atoms with Crippen LogP contribution in [-0.2, 0) is 0 Å². The predicted molar refractivity (Wildman–Crippen MR) is 64.2 cm³/mol. The van der Waals surface area contributed by atoms with Gasteiger partial charge in [0, 0.05) is 5.69 Å². The standard InChI is InChI=1S/C11H18N4O2/c1-6(2)8(4)17-11-13-7(3)5-9(14-11)10(12)15-16/h5-6,8,16H,1-4H3,(H2,12,15). The number of oxime groups is 1. The van der Waals surface area contributed by atoms with Gasteiger partial charge in [0.05, 0.1) is 0 Å². The van der Waals surface area contributed by atoms with Crippen LogP contribution in [0.2, 0.25) is 0 Å². The second-order valence-corrected chi connectivity index (χ2v) is 4.23. The Labute approximate surface area is 101 Å². The van der Waals surface area contributed by atoms with Crippen LogP contribution in [0.25, 0.3) is 0 Å². The highest BCUT2D eigenvalue weighted by Gasteiger charge is 2.13. The lowest BCUT2D eigenvalue weighted by atomic mass is 10.1. The molecule has 0 bridgehead atoms. The number of aryl methyl sites for hydroxylation is 1. The molecule has 17 heavy (non-hydrogen) atoms. The van der Waals surface area contributed by atoms with Crippen molar-refractivity contribution in [1.29, 1.82) is 0 Å². The second kappa shape index (κ2) is 5.47. The van der Waals surface area contributed by atoms with E-state index in [0.717, 1.165) is 0 Å². The molecule has 0 radical (unpaired) electrons. The topological polar surface area (TPSA) is 93.6 Å². The van der Waals surface area contributed by atoms with Gasteiger partial charge >= 0.3 is 6.01 Å². The molecule has 0 fully saturated rings. The summed E-state index contributed by atoms with van der Waals surface area (Å²) >= 11 is 0. The number of hydrogen-bond acceptors (Lipinski definition) is 5. The van der Waals surface area contributed by atoms with Crippen molar-refractivity contribution in [3.8, 4) is 6.01 Å². The molecule has 1 aromatic heterocycles. The minimum atomic E-state index is -0.0578. The zero-order valence-corrected chi connectivity index (χ0v) is 10.5. The summed E-state index contributed by atoms with van der Waals surface area (Å²) in [7, 11) is 0. The molecule has 0 aliphatic carbocycles. The number of nitrogens with zero attached hydrogens (tertiary/aromatic N) is 3. The first-order chi connectivity index (χ1) is 7.93. The molecule has 6 heteroatoms. The number of rotatable bonds is 4. The molecule has 0 aliphatic rings. The van der Waals surface area contributed by atoms with E-state index in [-0.39, 0.29) is 18.0 Å². The Morgan fingerprint density at radius 2 is 2.06 bits per heavy atom. The summed E-state index contributed by atoms with van der Waals surface area (Å²) < 4.78 is 5.58. The van der Waals surface area contributed by atoms with Gasteiger partial charge in [0.25, 0.3) is 0 Å². The average molecular weight is 238 g/mol. The maximum absolute atomic E-state index is 8.60. The highest BCUT2D eigenvalue weighted by atomic mass is 16.5. The Morgan fingerprint density at radius 3 is 2.59 bits per heavy atom. The quantitative estimate of drug-likeness (QED) is 0.357. The van der Waals surface area contributed by atoms with Crippen LogP contribution in [0.4, 0.5) is 0 Å². The molecule has 1 atom stereocenters. The fourth-order valence-corrected chi connectivity index (χ4v) is 1.08. The van der Waals surface area contributed by atoms with E-state index in [1.807, 2.05) is 20.8 Å². The number of ether oxygens (including phenoxy) is 1. The average Bonchev–Trinajstić information content (AvgIpc) is 2.26. The van der Waals surface area contributed by atoms with Crippen molar-refractivity contribution < 1.29 is 9.94 Å². The molecule has 6 nitrogen and oxygen atoms in total. The van der Waals surface area contributed by atoms with Gasteiger partial charge in [-0.3, -0.25) is 0 Å². The van der Waals surface area contributed by atoms with Crippen molar-refractivity contribution in [2.75, 3.05) is 0 Å². The van der Waals surface area contributed by atoms with Gasteiger partial charge in [-0.15, -0.1) is 0 Å². The molecular weight excluding hydrogens is 220 g/mol. The highest BCUT2D eigenvalue weighted by Crippen LogP contribution is 2.12. The molecule has 1 aromatic rings. The summed E-state index contributed by atoms with van der Waals surface area (Å²) in [5, 5.41) is 11.5. The van der Waals surface area contributed by atoms with Crippen LogP contribution in [0.3, 0.4) is 0 Å². The third-order valence-electron chi connectivity index (χ3n) is 2.43. The van der Waals surface area contributed by atoms with Crippen molar-refractivity contribution in [3.63, 3.8) is 0 Å². The summed E-state index contributed by atoms with van der Waals surface area (Å²) in [4.78, 5) is 8.22. The van der Waals surface area contributed by atoms with E-state index in [9.17, 15) is 0 Å². The number of aromatic nitrogens is 2. The normalized spacial score (nSPS) is 13.8. The molecule has 0 spiro atoms. The third-order valence-corrected chi connectivity index (χ3v) is 2.43. The molecular formula is C11H18N4O2. The van der Waals surface area contributed by atoms with Crippen LogP contribution in [0.5, 0.6) is 6.01 Å². The molecule has 94 valence electrons. The smallest absolute Gasteiger partial charge is 0.317 e. The van der Waals surface area contributed by atoms with Crippen molar-refractivity contribution in [2.45, 2.75) is 33.8 Å². The summed E-state index contributed by atoms with van der Waals surface area (Å²) in [5.74, 6) is 0.295. The van der Waals surface area contributed by atoms with Gasteiger partial charge in [-0.05, 0) is 25.8 Å². The Bertz CT molecular complexity index is 418. The van der Waals surface area contributed by atoms with Crippen molar-refractivity contribution in [3.05, 3.63) is 17.5 Å². The van der Waals surface area contributed by atoms with Crippen LogP contribution >= 0.6 is 0 Å². The van der Waals surface area contributed by atoms with Gasteiger partial charge in [-0.1, -0.05) is 19.0 Å². The van der Waals surface area contributed by atoms with E-state index in [2.05, 4.69) is 15.1 Å². The fraction of sp³-hybridized carbons (Fsp3) is 0.545. The first-order valence-corrected chi connectivity index (χ1v) is 5.44. The maximum Gasteiger partial charge on any atom is 0.317 e. The molecule has 0 saturated heterocycles. The Kier molecular flexibility index (Phi) is 4.25. The van der Waals surface area contributed by atoms with Crippen LogP contribution in [0, 0.1) is 12.8 Å². The first-order valence-electron chi connectivity index (χ1n) is 5.44. The lowest BCUT2D eigenvalue weighted by molar-refractivity contribution is 0.155. The van der Waals surface area contributed by atoms with E-state index in [1.54, 1.807) is 13.0 Å². The Morgan fingerprint density at radius 1 is 1.41 bits per heavy atom. The van der Waals surface area contributed by atoms with E-state index >= 15 is 0 Å². The van der Waals surface area contributed by atoms with Crippen LogP contribution in [-0.4, -0.2) is 27.1 Å². The molecule has 1 rings (SSSR count). The minimum absolute atomic E-state index is 0.00283. The highest BCUT2D eigenvalue weighted by molar-refractivity contribution is 5.95. The van der Waals surface area contributed by atoms with E-state index in [4.69, 9.17) is 15.7 Å². The fourth-order valence-electron chi connectivity index (χ4n) is 1.08. The van der Waals surface area contributed by atoms with E-state index in [0.29, 0.717) is 17.3 Å². The molecule has 0 aromatic carbocycles. The number of hydrogen-bond donors (Lipinski definition) is 2. The summed E-state index contributed by atoms with van der Waals surface area (Å²) in [6.07, 6.45) is -0.00283. The summed E-state index contributed by atoms with van der Waals surface area (Å²) in [6, 6.07) is 1.87. The molecule has 1 unspecified atom stereocenters. The largest absolute Gasteiger partial charge is 0.460 e. The molecule has 1 heterocycles. The minimum Gasteiger partial charge on any atom is -0.460 e. The van der Waals surface area contributed by atoms with Crippen LogP contribution < -0.4 is 10.5 Å². The van der Waals surface area contributed by atoms with Gasteiger partial charge in [0.2, 0.25) is 0 Å². The van der Waals surface area contributed by atoms with E-state index in [1.165, 1.54) is 0 Å². The Hall–Kier alpha value is -1.85. The van der Waals surface area contributed by atoms with Crippen molar-refractivity contribution in [2.24, 2.45) is 16.8 Å². The molecule has 0 saturated carbocycles. The zero-order valence-electron chi connectivity index (χ0n) is 10.5.